The van der Waals surface area contributed by atoms with Crippen LogP contribution in [0.4, 0.5) is 0 Å². The van der Waals surface area contributed by atoms with Gasteiger partial charge in [0.15, 0.2) is 11.6 Å². The Labute approximate surface area is 178 Å². The minimum atomic E-state index is -0.799. The van der Waals surface area contributed by atoms with Gasteiger partial charge in [0, 0.05) is 16.5 Å². The van der Waals surface area contributed by atoms with E-state index in [4.69, 9.17) is 0 Å². The molecule has 0 radical (unpaired) electrons. The molecule has 0 unspecified atom stereocenters. The van der Waals surface area contributed by atoms with Crippen molar-refractivity contribution < 1.29 is 68.7 Å². The van der Waals surface area contributed by atoms with E-state index in [0.29, 0.717) is 16.8 Å². The molecule has 3 nitrogen and oxygen atoms in total. The molecule has 4 rings (SSSR count). The van der Waals surface area contributed by atoms with Crippen LogP contribution in [0, 0.1) is 0 Å². The molecule has 100 valence electrons. The number of carbonyl (C=O) groups is 2. The Morgan fingerprint density at radius 2 is 1.26 bits per heavy atom. The molecule has 0 bridgehead atoms. The van der Waals surface area contributed by atoms with Crippen molar-refractivity contribution in [1.29, 1.82) is 0 Å². The van der Waals surface area contributed by atoms with Gasteiger partial charge in [-0.25, -0.2) is 0 Å². The number of para-hydroxylation sites is 1. The molecule has 0 atom stereocenters. The molecule has 1 aliphatic carbocycles. The third kappa shape index (κ3) is 3.10. The predicted octanol–water partition coefficient (Wildman–Crippen LogP) is -2.59. The van der Waals surface area contributed by atoms with Gasteiger partial charge >= 0.3 is 59.1 Å². The van der Waals surface area contributed by atoms with E-state index >= 15 is 0 Å². The summed E-state index contributed by atoms with van der Waals surface area (Å²) in [6, 6.07) is 18.3. The quantitative estimate of drug-likeness (QED) is 0.365. The van der Waals surface area contributed by atoms with Gasteiger partial charge in [0.1, 0.15) is 5.92 Å². The molecule has 3 aromatic rings. The summed E-state index contributed by atoms with van der Waals surface area (Å²) in [4.78, 5) is 29.5. The molecule has 2 aromatic carbocycles. The Hall–Kier alpha value is -0.810. The Morgan fingerprint density at radius 3 is 1.91 bits per heavy atom. The van der Waals surface area contributed by atoms with Crippen LogP contribution in [0.5, 0.6) is 0 Å². The zero-order valence-corrected chi connectivity index (χ0v) is 17.1. The van der Waals surface area contributed by atoms with Crippen molar-refractivity contribution >= 4 is 22.5 Å². The van der Waals surface area contributed by atoms with E-state index in [1.807, 2.05) is 30.3 Å². The summed E-state index contributed by atoms with van der Waals surface area (Å²) in [5.41, 5.74) is 2.33. The predicted molar refractivity (Wildman–Crippen MR) is 79.6 cm³/mol. The Balaban J connectivity index is 0.000000960. The molecular weight excluding hydrogens is 308 g/mol. The van der Waals surface area contributed by atoms with Crippen LogP contribution in [-0.2, 0) is 0 Å². The van der Waals surface area contributed by atoms with Gasteiger partial charge < -0.3 is 0 Å². The summed E-state index contributed by atoms with van der Waals surface area (Å²) in [5, 5.41) is 0.997. The molecule has 1 aliphatic rings. The second-order valence-corrected chi connectivity index (χ2v) is 5.14. The van der Waals surface area contributed by atoms with Crippen molar-refractivity contribution in [3.63, 3.8) is 0 Å². The number of benzene rings is 2. The largest absolute Gasteiger partial charge is 1.00 e. The van der Waals surface area contributed by atoms with Crippen molar-refractivity contribution in [2.24, 2.45) is 0 Å². The molecule has 1 heterocycles. The number of rotatable bonds is 1. The first-order valence-corrected chi connectivity index (χ1v) is 6.79. The monoisotopic (exact) mass is 319 g/mol. The number of fused-ring (bicyclic) bond motifs is 2. The number of hydrogen-bond acceptors (Lipinski definition) is 3. The third-order valence-corrected chi connectivity index (χ3v) is 3.90. The number of Topliss-reactive ketones (excluding diaryl/α,β-unsaturated/α-hetero) is 2. The van der Waals surface area contributed by atoms with E-state index in [1.54, 1.807) is 30.3 Å². The Bertz CT molecular complexity index is 873. The number of carbonyl (C=O) groups excluding carboxylic acids is 2. The fourth-order valence-corrected chi connectivity index (χ4v) is 2.85. The molecule has 23 heavy (non-hydrogen) atoms. The van der Waals surface area contributed by atoms with Crippen LogP contribution in [0.2, 0.25) is 0 Å². The van der Waals surface area contributed by atoms with E-state index in [-0.39, 0.29) is 70.7 Å². The topological polar surface area (TPSA) is 47.0 Å². The first kappa shape index (κ1) is 18.5. The van der Waals surface area contributed by atoms with Gasteiger partial charge in [-0.1, -0.05) is 48.5 Å². The van der Waals surface area contributed by atoms with Crippen LogP contribution in [0.25, 0.3) is 10.9 Å². The van der Waals surface area contributed by atoms with Crippen molar-refractivity contribution in [2.45, 2.75) is 5.92 Å². The average molecular weight is 319 g/mol. The molecule has 0 aliphatic heterocycles. The van der Waals surface area contributed by atoms with E-state index in [9.17, 15) is 9.59 Å². The Kier molecular flexibility index (Phi) is 5.95. The zero-order valence-electron chi connectivity index (χ0n) is 13.1. The van der Waals surface area contributed by atoms with Crippen molar-refractivity contribution in [2.75, 3.05) is 0 Å². The first-order valence-electron chi connectivity index (χ1n) is 6.79. The summed E-state index contributed by atoms with van der Waals surface area (Å²) in [6.07, 6.45) is 0. The van der Waals surface area contributed by atoms with Gasteiger partial charge in [-0.3, -0.25) is 14.6 Å². The maximum absolute atomic E-state index is 12.5. The van der Waals surface area contributed by atoms with Crippen molar-refractivity contribution in [3.8, 4) is 0 Å². The van der Waals surface area contributed by atoms with Crippen LogP contribution in [0.3, 0.4) is 0 Å². The van der Waals surface area contributed by atoms with Crippen LogP contribution in [0.1, 0.15) is 32.3 Å². The summed E-state index contributed by atoms with van der Waals surface area (Å²) < 4.78 is 0. The normalized spacial score (nSPS) is 13.4. The summed E-state index contributed by atoms with van der Waals surface area (Å²) >= 11 is 0. The third-order valence-electron chi connectivity index (χ3n) is 3.90. The number of pyridine rings is 1. The molecule has 1 aromatic heterocycles. The van der Waals surface area contributed by atoms with Crippen molar-refractivity contribution in [3.05, 3.63) is 77.5 Å². The molecule has 0 N–H and O–H groups in total. The second kappa shape index (κ2) is 7.39. The van der Waals surface area contributed by atoms with Crippen molar-refractivity contribution in [1.82, 2.24) is 4.98 Å². The molecule has 5 heteroatoms. The van der Waals surface area contributed by atoms with E-state index in [2.05, 4.69) is 4.98 Å². The van der Waals surface area contributed by atoms with Crippen LogP contribution < -0.4 is 59.1 Å². The summed E-state index contributed by atoms with van der Waals surface area (Å²) in [5.74, 6) is -1.11. The fraction of sp³-hybridized carbons (Fsp3) is 0.0556. The van der Waals surface area contributed by atoms with Crippen LogP contribution in [0.15, 0.2) is 60.7 Å². The van der Waals surface area contributed by atoms with Crippen LogP contribution >= 0.6 is 0 Å². The maximum atomic E-state index is 12.5. The second-order valence-electron chi connectivity index (χ2n) is 5.14. The molecule has 0 saturated carbocycles. The van der Waals surface area contributed by atoms with Gasteiger partial charge in [-0.2, -0.15) is 0 Å². The zero-order chi connectivity index (χ0) is 14.4. The Morgan fingerprint density at radius 1 is 0.696 bits per heavy atom. The van der Waals surface area contributed by atoms with Gasteiger partial charge in [-0.15, -0.1) is 0 Å². The molecular formula is C18H11NNa2O2+2. The standard InChI is InChI=1S/C18H11NO2.2Na/c20-17-12-6-2-3-7-13(12)18(21)16(17)15-10-9-11-5-1-4-8-14(11)19-15;;/h1-10,16H;;/q;2*+1. The number of hydrogen-bond donors (Lipinski definition) is 0. The fourth-order valence-electron chi connectivity index (χ4n) is 2.85. The van der Waals surface area contributed by atoms with Gasteiger partial charge in [0.25, 0.3) is 0 Å². The van der Waals surface area contributed by atoms with Crippen LogP contribution in [-0.4, -0.2) is 16.6 Å². The number of nitrogens with zero attached hydrogens (tertiary/aromatic N) is 1. The van der Waals surface area contributed by atoms with E-state index in [1.165, 1.54) is 0 Å². The van der Waals surface area contributed by atoms with Gasteiger partial charge in [0.05, 0.1) is 11.2 Å². The number of aromatic nitrogens is 1. The van der Waals surface area contributed by atoms with Gasteiger partial charge in [0.2, 0.25) is 0 Å². The minimum Gasteiger partial charge on any atom is -0.293 e. The number of ketones is 2. The maximum Gasteiger partial charge on any atom is 1.00 e. The van der Waals surface area contributed by atoms with E-state index < -0.39 is 5.92 Å². The molecule has 0 saturated heterocycles. The first-order chi connectivity index (χ1) is 10.3. The average Bonchev–Trinajstić information content (AvgIpc) is 2.79. The minimum absolute atomic E-state index is 0. The SMILES string of the molecule is O=C1c2ccccc2C(=O)C1c1ccc2ccccc2n1.[Na+].[Na+]. The summed E-state index contributed by atoms with van der Waals surface area (Å²) in [7, 11) is 0. The van der Waals surface area contributed by atoms with E-state index in [0.717, 1.165) is 10.9 Å². The summed E-state index contributed by atoms with van der Waals surface area (Å²) in [6.45, 7) is 0. The molecule has 0 fully saturated rings. The molecule has 0 amide bonds. The molecule has 0 spiro atoms. The smallest absolute Gasteiger partial charge is 0.293 e. The van der Waals surface area contributed by atoms with Gasteiger partial charge in [-0.05, 0) is 12.1 Å².